The standard InChI is InChI=1S/C31H23Cl2FN2O3S/c32-18-14-20-27-21(16-26(28(27)33)40-25-13-7-6-12-24(25)36(38)39)29(19-10-4-5-11-23(19)34)35-30(20)22(15-18)31(37)17-8-2-1-3-9-17/h1-15,21,26-29,35H,16H2/t21-,26-,27-,28-,29-/m1/s1. The second kappa shape index (κ2) is 10.9. The second-order valence-corrected chi connectivity index (χ2v) is 12.2. The Morgan fingerprint density at radius 1 is 0.975 bits per heavy atom. The van der Waals surface area contributed by atoms with E-state index in [1.165, 1.54) is 23.9 Å². The van der Waals surface area contributed by atoms with Crippen LogP contribution in [0.2, 0.25) is 5.02 Å². The summed E-state index contributed by atoms with van der Waals surface area (Å²) in [5, 5.41) is 14.9. The van der Waals surface area contributed by atoms with E-state index in [9.17, 15) is 14.9 Å². The van der Waals surface area contributed by atoms with Crippen molar-refractivity contribution in [3.05, 3.63) is 134 Å². The molecule has 9 heteroatoms. The van der Waals surface area contributed by atoms with E-state index in [1.54, 1.807) is 66.7 Å². The minimum atomic E-state index is -0.472. The van der Waals surface area contributed by atoms with Crippen molar-refractivity contribution in [1.82, 2.24) is 0 Å². The molecule has 5 atom stereocenters. The smallest absolute Gasteiger partial charge is 0.282 e. The number of hydrogen-bond donors (Lipinski definition) is 1. The number of nitrogens with zero attached hydrogens (tertiary/aromatic N) is 1. The maximum Gasteiger partial charge on any atom is 0.282 e. The fourth-order valence-electron chi connectivity index (χ4n) is 6.02. The van der Waals surface area contributed by atoms with Crippen LogP contribution in [0.15, 0.2) is 95.9 Å². The van der Waals surface area contributed by atoms with Crippen molar-refractivity contribution in [2.45, 2.75) is 33.9 Å². The number of nitro benzene ring substituents is 1. The molecule has 1 fully saturated rings. The largest absolute Gasteiger partial charge is 0.377 e. The van der Waals surface area contributed by atoms with E-state index < -0.39 is 16.3 Å². The molecule has 1 aliphatic carbocycles. The molecule has 6 rings (SSSR count). The highest BCUT2D eigenvalue weighted by Crippen LogP contribution is 2.59. The molecule has 0 bridgehead atoms. The molecule has 4 aromatic rings. The molecule has 4 aromatic carbocycles. The molecule has 1 N–H and O–H groups in total. The Balaban J connectivity index is 1.47. The molecule has 0 unspecified atom stereocenters. The first-order valence-corrected chi connectivity index (χ1v) is 14.5. The highest BCUT2D eigenvalue weighted by atomic mass is 35.5. The molecule has 0 spiro atoms. The average Bonchev–Trinajstić information content (AvgIpc) is 3.29. The van der Waals surface area contributed by atoms with Gasteiger partial charge in [0.1, 0.15) is 5.82 Å². The first-order chi connectivity index (χ1) is 19.3. The van der Waals surface area contributed by atoms with E-state index >= 15 is 4.39 Å². The van der Waals surface area contributed by atoms with Gasteiger partial charge in [-0.1, -0.05) is 72.3 Å². The zero-order valence-electron chi connectivity index (χ0n) is 21.0. The van der Waals surface area contributed by atoms with Gasteiger partial charge >= 0.3 is 0 Å². The summed E-state index contributed by atoms with van der Waals surface area (Å²) in [5.74, 6) is -0.977. The number of fused-ring (bicyclic) bond motifs is 3. The molecule has 202 valence electrons. The summed E-state index contributed by atoms with van der Waals surface area (Å²) < 4.78 is 15.2. The van der Waals surface area contributed by atoms with Crippen molar-refractivity contribution in [3.8, 4) is 0 Å². The van der Waals surface area contributed by atoms with Crippen LogP contribution in [0.1, 0.15) is 45.4 Å². The van der Waals surface area contributed by atoms with Crippen molar-refractivity contribution in [2.75, 3.05) is 5.32 Å². The Kier molecular flexibility index (Phi) is 7.29. The van der Waals surface area contributed by atoms with Gasteiger partial charge in [-0.25, -0.2) is 4.39 Å². The Hall–Kier alpha value is -3.39. The number of alkyl halides is 1. The Bertz CT molecular complexity index is 1620. The van der Waals surface area contributed by atoms with E-state index in [4.69, 9.17) is 23.2 Å². The monoisotopic (exact) mass is 592 g/mol. The minimum Gasteiger partial charge on any atom is -0.377 e. The summed E-state index contributed by atoms with van der Waals surface area (Å²) in [5.41, 5.74) is 2.81. The lowest BCUT2D eigenvalue weighted by atomic mass is 9.76. The van der Waals surface area contributed by atoms with Gasteiger partial charge in [0.15, 0.2) is 5.78 Å². The fourth-order valence-corrected chi connectivity index (χ4v) is 8.19. The highest BCUT2D eigenvalue weighted by molar-refractivity contribution is 8.00. The number of thioether (sulfide) groups is 1. The number of benzene rings is 4. The van der Waals surface area contributed by atoms with Crippen LogP contribution in [0.25, 0.3) is 0 Å². The molecule has 1 saturated carbocycles. The number of hydrogen-bond acceptors (Lipinski definition) is 5. The topological polar surface area (TPSA) is 72.2 Å². The highest BCUT2D eigenvalue weighted by Gasteiger charge is 2.51. The van der Waals surface area contributed by atoms with Gasteiger partial charge in [0.05, 0.1) is 21.2 Å². The predicted octanol–water partition coefficient (Wildman–Crippen LogP) is 8.66. The van der Waals surface area contributed by atoms with Crippen molar-refractivity contribution >= 4 is 52.1 Å². The minimum absolute atomic E-state index is 0.0224. The molecule has 0 aromatic heterocycles. The quantitative estimate of drug-likeness (QED) is 0.105. The maximum atomic E-state index is 15.2. The summed E-state index contributed by atoms with van der Waals surface area (Å²) in [4.78, 5) is 25.5. The van der Waals surface area contributed by atoms with E-state index in [0.29, 0.717) is 38.7 Å². The number of ketones is 1. The first-order valence-electron chi connectivity index (χ1n) is 12.8. The number of nitro groups is 1. The molecule has 5 nitrogen and oxygen atoms in total. The van der Waals surface area contributed by atoms with Gasteiger partial charge in [0.2, 0.25) is 0 Å². The molecule has 0 amide bonds. The summed E-state index contributed by atoms with van der Waals surface area (Å²) in [6.07, 6.45) is 0.579. The third-order valence-corrected chi connectivity index (χ3v) is 10.1. The van der Waals surface area contributed by atoms with Gasteiger partial charge in [-0.15, -0.1) is 23.4 Å². The van der Waals surface area contributed by atoms with Gasteiger partial charge in [-0.05, 0) is 42.2 Å². The molecule has 1 heterocycles. The Labute approximate surface area is 244 Å². The van der Waals surface area contributed by atoms with Crippen LogP contribution in [-0.4, -0.2) is 21.3 Å². The Morgan fingerprint density at radius 2 is 1.68 bits per heavy atom. The average molecular weight is 594 g/mol. The van der Waals surface area contributed by atoms with Gasteiger partial charge in [0, 0.05) is 44.6 Å². The lowest BCUT2D eigenvalue weighted by molar-refractivity contribution is -0.387. The third-order valence-electron chi connectivity index (χ3n) is 7.75. The summed E-state index contributed by atoms with van der Waals surface area (Å²) in [6.45, 7) is 0. The molecule has 0 radical (unpaired) electrons. The molecule has 40 heavy (non-hydrogen) atoms. The fraction of sp³-hybridized carbons (Fsp3) is 0.194. The molecule has 2 aliphatic rings. The lowest BCUT2D eigenvalue weighted by Crippen LogP contribution is -2.33. The van der Waals surface area contributed by atoms with E-state index in [-0.39, 0.29) is 34.4 Å². The van der Waals surface area contributed by atoms with E-state index in [0.717, 1.165) is 5.56 Å². The van der Waals surface area contributed by atoms with Crippen LogP contribution in [0, 0.1) is 21.8 Å². The van der Waals surface area contributed by atoms with E-state index in [1.807, 2.05) is 12.1 Å². The van der Waals surface area contributed by atoms with E-state index in [2.05, 4.69) is 5.32 Å². The predicted molar refractivity (Wildman–Crippen MR) is 157 cm³/mol. The molecular formula is C31H23Cl2FN2O3S. The Morgan fingerprint density at radius 3 is 2.42 bits per heavy atom. The van der Waals surface area contributed by atoms with Gasteiger partial charge in [-0.3, -0.25) is 14.9 Å². The number of carbonyl (C=O) groups excluding carboxylic acids is 1. The zero-order valence-corrected chi connectivity index (χ0v) is 23.3. The zero-order chi connectivity index (χ0) is 28.0. The summed E-state index contributed by atoms with van der Waals surface area (Å²) in [7, 11) is 0. The number of anilines is 1. The number of para-hydroxylation sites is 1. The van der Waals surface area contributed by atoms with Crippen LogP contribution in [-0.2, 0) is 0 Å². The maximum absolute atomic E-state index is 15.2. The molecular weight excluding hydrogens is 570 g/mol. The molecule has 0 saturated heterocycles. The van der Waals surface area contributed by atoms with Crippen LogP contribution < -0.4 is 5.32 Å². The van der Waals surface area contributed by atoms with Crippen molar-refractivity contribution < 1.29 is 14.1 Å². The summed E-state index contributed by atoms with van der Waals surface area (Å²) >= 11 is 15.2. The second-order valence-electron chi connectivity index (χ2n) is 10.0. The molecule has 1 aliphatic heterocycles. The summed E-state index contributed by atoms with van der Waals surface area (Å²) in [6, 6.07) is 25.1. The van der Waals surface area contributed by atoms with Crippen molar-refractivity contribution in [1.29, 1.82) is 0 Å². The normalized spacial score (nSPS) is 23.1. The van der Waals surface area contributed by atoms with Gasteiger partial charge < -0.3 is 5.32 Å². The van der Waals surface area contributed by atoms with Crippen LogP contribution >= 0.6 is 35.0 Å². The number of carbonyl (C=O) groups is 1. The third kappa shape index (κ3) is 4.76. The SMILES string of the molecule is O=C(c1ccccc1)c1cc(Cl)cc2c1N[C@H](c1ccccc1F)[C@@H]1C[C@@H](Sc3ccccc3[N+](=O)[O-])[C@@H](Cl)[C@H]21. The van der Waals surface area contributed by atoms with Crippen LogP contribution in [0.3, 0.4) is 0 Å². The number of rotatable bonds is 6. The van der Waals surface area contributed by atoms with Crippen molar-refractivity contribution in [2.24, 2.45) is 5.92 Å². The lowest BCUT2D eigenvalue weighted by Gasteiger charge is -2.39. The van der Waals surface area contributed by atoms with Crippen LogP contribution in [0.5, 0.6) is 0 Å². The van der Waals surface area contributed by atoms with Crippen molar-refractivity contribution in [3.63, 3.8) is 0 Å². The van der Waals surface area contributed by atoms with Gasteiger partial charge in [-0.2, -0.15) is 0 Å². The van der Waals surface area contributed by atoms with Gasteiger partial charge in [0.25, 0.3) is 5.69 Å². The number of halogens is 3. The van der Waals surface area contributed by atoms with Crippen LogP contribution in [0.4, 0.5) is 15.8 Å². The number of nitrogens with one attached hydrogen (secondary N) is 1. The first kappa shape index (κ1) is 26.8.